The molecule has 1 saturated heterocycles. The van der Waals surface area contributed by atoms with Crippen LogP contribution in [0.3, 0.4) is 0 Å². The molecule has 1 aliphatic carbocycles. The first-order chi connectivity index (χ1) is 9.58. The van der Waals surface area contributed by atoms with Crippen LogP contribution in [-0.4, -0.2) is 48.5 Å². The molecule has 4 N–H and O–H groups in total. The monoisotopic (exact) mass is 282 g/mol. The second-order valence-electron chi connectivity index (χ2n) is 6.23. The SMILES string of the molecule is CN1CCC(CNC(=O)C2(C(N)=NO)CCCC2)CC1. The third-order valence-corrected chi connectivity index (χ3v) is 4.88. The number of nitrogens with two attached hydrogens (primary N) is 1. The summed E-state index contributed by atoms with van der Waals surface area (Å²) in [7, 11) is 2.13. The van der Waals surface area contributed by atoms with Gasteiger partial charge in [0.1, 0.15) is 5.41 Å². The molecule has 2 rings (SSSR count). The van der Waals surface area contributed by atoms with Crippen molar-refractivity contribution >= 4 is 11.7 Å². The van der Waals surface area contributed by atoms with Crippen LogP contribution in [0.25, 0.3) is 0 Å². The largest absolute Gasteiger partial charge is 0.409 e. The molecule has 2 aliphatic rings. The summed E-state index contributed by atoms with van der Waals surface area (Å²) >= 11 is 0. The molecular formula is C14H26N4O2. The third kappa shape index (κ3) is 3.06. The standard InChI is InChI=1S/C14H26N4O2/c1-18-8-4-11(5-9-18)10-16-13(19)14(12(15)17-20)6-2-3-7-14/h11,20H,2-10H2,1H3,(H2,15,17)(H,16,19). The fraction of sp³-hybridized carbons (Fsp3) is 0.857. The topological polar surface area (TPSA) is 91.0 Å². The number of hydrogen-bond acceptors (Lipinski definition) is 4. The molecule has 0 radical (unpaired) electrons. The summed E-state index contributed by atoms with van der Waals surface area (Å²) in [5.74, 6) is 0.543. The van der Waals surface area contributed by atoms with Crippen LogP contribution in [0.15, 0.2) is 5.16 Å². The highest BCUT2D eigenvalue weighted by Gasteiger charge is 2.45. The Kier molecular flexibility index (Phi) is 4.86. The van der Waals surface area contributed by atoms with Crippen molar-refractivity contribution in [1.82, 2.24) is 10.2 Å². The molecule has 0 aromatic heterocycles. The lowest BCUT2D eigenvalue weighted by Crippen LogP contribution is -2.49. The van der Waals surface area contributed by atoms with Crippen LogP contribution in [0.5, 0.6) is 0 Å². The van der Waals surface area contributed by atoms with Crippen LogP contribution in [0.1, 0.15) is 38.5 Å². The van der Waals surface area contributed by atoms with Crippen molar-refractivity contribution in [2.45, 2.75) is 38.5 Å². The highest BCUT2D eigenvalue weighted by Crippen LogP contribution is 2.38. The van der Waals surface area contributed by atoms with Crippen molar-refractivity contribution in [2.24, 2.45) is 22.2 Å². The summed E-state index contributed by atoms with van der Waals surface area (Å²) in [5, 5.41) is 15.1. The number of carbonyl (C=O) groups is 1. The number of piperidine rings is 1. The summed E-state index contributed by atoms with van der Waals surface area (Å²) in [6.07, 6.45) is 5.51. The van der Waals surface area contributed by atoms with Gasteiger partial charge in [-0.15, -0.1) is 0 Å². The number of rotatable bonds is 4. The van der Waals surface area contributed by atoms with E-state index in [1.165, 1.54) is 0 Å². The quantitative estimate of drug-likeness (QED) is 0.307. The van der Waals surface area contributed by atoms with E-state index in [9.17, 15) is 4.79 Å². The fourth-order valence-corrected chi connectivity index (χ4v) is 3.35. The first-order valence-corrected chi connectivity index (χ1v) is 7.53. The van der Waals surface area contributed by atoms with E-state index in [1.807, 2.05) is 0 Å². The zero-order chi connectivity index (χ0) is 14.6. The molecule has 0 spiro atoms. The van der Waals surface area contributed by atoms with Gasteiger partial charge in [-0.1, -0.05) is 18.0 Å². The number of carbonyl (C=O) groups excluding carboxylic acids is 1. The highest BCUT2D eigenvalue weighted by atomic mass is 16.4. The number of likely N-dealkylation sites (tertiary alicyclic amines) is 1. The second kappa shape index (κ2) is 6.43. The lowest BCUT2D eigenvalue weighted by molar-refractivity contribution is -0.127. The van der Waals surface area contributed by atoms with E-state index >= 15 is 0 Å². The first-order valence-electron chi connectivity index (χ1n) is 7.53. The van der Waals surface area contributed by atoms with Crippen LogP contribution < -0.4 is 11.1 Å². The summed E-state index contributed by atoms with van der Waals surface area (Å²) in [4.78, 5) is 14.8. The molecule has 20 heavy (non-hydrogen) atoms. The number of hydrogen-bond donors (Lipinski definition) is 3. The van der Waals surface area contributed by atoms with Crippen molar-refractivity contribution in [3.05, 3.63) is 0 Å². The Bertz CT molecular complexity index is 369. The van der Waals surface area contributed by atoms with Gasteiger partial charge in [0.2, 0.25) is 5.91 Å². The van der Waals surface area contributed by atoms with Gasteiger partial charge in [-0.2, -0.15) is 0 Å². The van der Waals surface area contributed by atoms with E-state index in [1.54, 1.807) is 0 Å². The minimum absolute atomic E-state index is 0.0655. The number of nitrogens with zero attached hydrogens (tertiary/aromatic N) is 2. The molecule has 0 aromatic carbocycles. The lowest BCUT2D eigenvalue weighted by Gasteiger charge is -2.31. The van der Waals surface area contributed by atoms with Gasteiger partial charge in [0.15, 0.2) is 5.84 Å². The van der Waals surface area contributed by atoms with Gasteiger partial charge in [-0.25, -0.2) is 0 Å². The average Bonchev–Trinajstić information content (AvgIpc) is 2.96. The Morgan fingerprint density at radius 2 is 2.00 bits per heavy atom. The normalized spacial score (nSPS) is 24.8. The number of nitrogens with one attached hydrogen (secondary N) is 1. The second-order valence-corrected chi connectivity index (χ2v) is 6.23. The highest BCUT2D eigenvalue weighted by molar-refractivity contribution is 6.07. The molecule has 1 saturated carbocycles. The Labute approximate surface area is 120 Å². The average molecular weight is 282 g/mol. The van der Waals surface area contributed by atoms with Gasteiger partial charge < -0.3 is 21.2 Å². The van der Waals surface area contributed by atoms with Crippen LogP contribution in [-0.2, 0) is 4.79 Å². The molecule has 2 fully saturated rings. The first kappa shape index (κ1) is 15.1. The van der Waals surface area contributed by atoms with Gasteiger partial charge >= 0.3 is 0 Å². The van der Waals surface area contributed by atoms with Crippen molar-refractivity contribution in [3.63, 3.8) is 0 Å². The van der Waals surface area contributed by atoms with Gasteiger partial charge in [0.05, 0.1) is 0 Å². The predicted octanol–water partition coefficient (Wildman–Crippen LogP) is 0.751. The zero-order valence-corrected chi connectivity index (χ0v) is 12.3. The smallest absolute Gasteiger partial charge is 0.233 e. The molecule has 6 nitrogen and oxygen atoms in total. The van der Waals surface area contributed by atoms with Crippen molar-refractivity contribution in [2.75, 3.05) is 26.7 Å². The van der Waals surface area contributed by atoms with E-state index < -0.39 is 5.41 Å². The minimum atomic E-state index is -0.778. The maximum Gasteiger partial charge on any atom is 0.233 e. The Hall–Kier alpha value is -1.30. The Balaban J connectivity index is 1.90. The Morgan fingerprint density at radius 3 is 2.55 bits per heavy atom. The molecule has 1 heterocycles. The number of oxime groups is 1. The number of amides is 1. The van der Waals surface area contributed by atoms with Gasteiger partial charge in [0, 0.05) is 6.54 Å². The summed E-state index contributed by atoms with van der Waals surface area (Å²) in [6.45, 7) is 2.88. The maximum atomic E-state index is 12.5. The van der Waals surface area contributed by atoms with E-state index in [0.717, 1.165) is 38.8 Å². The van der Waals surface area contributed by atoms with E-state index in [0.29, 0.717) is 25.3 Å². The molecule has 0 unspecified atom stereocenters. The number of amidine groups is 1. The molecule has 1 amide bonds. The summed E-state index contributed by atoms with van der Waals surface area (Å²) in [5.41, 5.74) is 5.00. The minimum Gasteiger partial charge on any atom is -0.409 e. The van der Waals surface area contributed by atoms with E-state index in [2.05, 4.69) is 22.4 Å². The van der Waals surface area contributed by atoms with Crippen LogP contribution in [0, 0.1) is 11.3 Å². The van der Waals surface area contributed by atoms with Crippen LogP contribution in [0.2, 0.25) is 0 Å². The predicted molar refractivity (Wildman–Crippen MR) is 77.5 cm³/mol. The van der Waals surface area contributed by atoms with Crippen molar-refractivity contribution in [3.8, 4) is 0 Å². The van der Waals surface area contributed by atoms with Gasteiger partial charge in [0.25, 0.3) is 0 Å². The molecule has 0 aromatic rings. The molecule has 0 bridgehead atoms. The maximum absolute atomic E-state index is 12.5. The Morgan fingerprint density at radius 1 is 1.40 bits per heavy atom. The molecule has 6 heteroatoms. The van der Waals surface area contributed by atoms with Crippen LogP contribution in [0.4, 0.5) is 0 Å². The molecule has 114 valence electrons. The third-order valence-electron chi connectivity index (χ3n) is 4.88. The van der Waals surface area contributed by atoms with Gasteiger partial charge in [-0.3, -0.25) is 4.79 Å². The molecule has 1 aliphatic heterocycles. The van der Waals surface area contributed by atoms with E-state index in [-0.39, 0.29) is 11.7 Å². The summed E-state index contributed by atoms with van der Waals surface area (Å²) in [6, 6.07) is 0. The molecule has 0 atom stereocenters. The van der Waals surface area contributed by atoms with Crippen molar-refractivity contribution < 1.29 is 10.0 Å². The van der Waals surface area contributed by atoms with E-state index in [4.69, 9.17) is 10.9 Å². The summed E-state index contributed by atoms with van der Waals surface area (Å²) < 4.78 is 0. The molecular weight excluding hydrogens is 256 g/mol. The zero-order valence-electron chi connectivity index (χ0n) is 12.3. The van der Waals surface area contributed by atoms with Crippen molar-refractivity contribution in [1.29, 1.82) is 0 Å². The van der Waals surface area contributed by atoms with Gasteiger partial charge in [-0.05, 0) is 51.7 Å². The lowest BCUT2D eigenvalue weighted by atomic mass is 9.83. The van der Waals surface area contributed by atoms with Crippen LogP contribution >= 0.6 is 0 Å². The fourth-order valence-electron chi connectivity index (χ4n) is 3.35.